The van der Waals surface area contributed by atoms with Gasteiger partial charge in [0.25, 0.3) is 0 Å². The van der Waals surface area contributed by atoms with Crippen molar-refractivity contribution in [2.75, 3.05) is 12.3 Å². The number of aliphatic hydroxyl groups excluding tert-OH is 3. The van der Waals surface area contributed by atoms with Gasteiger partial charge in [-0.15, -0.1) is 11.8 Å². The topological polar surface area (TPSA) is 120 Å². The van der Waals surface area contributed by atoms with Crippen LogP contribution in [-0.2, 0) is 14.4 Å². The van der Waals surface area contributed by atoms with Crippen molar-refractivity contribution in [3.63, 3.8) is 0 Å². The molecule has 1 saturated carbocycles. The van der Waals surface area contributed by atoms with Crippen LogP contribution in [0.3, 0.4) is 0 Å². The van der Waals surface area contributed by atoms with Crippen LogP contribution < -0.4 is 10.8 Å². The van der Waals surface area contributed by atoms with Crippen molar-refractivity contribution in [3.05, 3.63) is 0 Å². The molecule has 0 spiro atoms. The molecule has 2 bridgehead atoms. The van der Waals surface area contributed by atoms with Crippen LogP contribution in [0, 0.1) is 23.7 Å². The lowest BCUT2D eigenvalue weighted by Crippen LogP contribution is -2.63. The molecule has 190 valence electrons. The van der Waals surface area contributed by atoms with E-state index in [2.05, 4.69) is 24.6 Å². The minimum absolute atomic E-state index is 0.0541. The second-order valence-corrected chi connectivity index (χ2v) is 12.0. The molecule has 4 aliphatic rings. The normalized spacial score (nSPS) is 44.7. The lowest BCUT2D eigenvalue weighted by molar-refractivity contribution is -0.206. The van der Waals surface area contributed by atoms with Crippen molar-refractivity contribution in [3.8, 4) is 0 Å². The number of thioether (sulfide) groups is 1. The Bertz CT molecular complexity index is 654. The van der Waals surface area contributed by atoms with Gasteiger partial charge < -0.3 is 25.4 Å². The number of fused-ring (bicyclic) bond motifs is 3. The maximum absolute atomic E-state index is 13.6. The highest BCUT2D eigenvalue weighted by atomic mass is 32.2. The smallest absolute Gasteiger partial charge is 0.226 e. The van der Waals surface area contributed by atoms with Crippen molar-refractivity contribution < 1.29 is 29.7 Å². The van der Waals surface area contributed by atoms with E-state index in [1.165, 1.54) is 11.8 Å². The van der Waals surface area contributed by atoms with E-state index in [0.29, 0.717) is 24.2 Å². The Labute approximate surface area is 201 Å². The predicted molar refractivity (Wildman–Crippen MR) is 126 cm³/mol. The highest BCUT2D eigenvalue weighted by molar-refractivity contribution is 7.99. The van der Waals surface area contributed by atoms with E-state index in [1.54, 1.807) is 0 Å². The van der Waals surface area contributed by atoms with Gasteiger partial charge >= 0.3 is 0 Å². The number of hydrogen-bond donors (Lipinski definition) is 5. The molecule has 8 nitrogen and oxygen atoms in total. The molecular formula is C24H42N2O6S. The monoisotopic (exact) mass is 486 g/mol. The van der Waals surface area contributed by atoms with Crippen molar-refractivity contribution in [1.29, 1.82) is 0 Å². The molecule has 0 aromatic heterocycles. The summed E-state index contributed by atoms with van der Waals surface area (Å²) >= 11 is 1.47. The average Bonchev–Trinajstić information content (AvgIpc) is 3.20. The first kappa shape index (κ1) is 25.7. The van der Waals surface area contributed by atoms with Gasteiger partial charge in [0, 0.05) is 12.5 Å². The van der Waals surface area contributed by atoms with E-state index in [-0.39, 0.29) is 17.9 Å². The molecule has 1 unspecified atom stereocenters. The van der Waals surface area contributed by atoms with Crippen molar-refractivity contribution >= 4 is 17.7 Å². The Kier molecular flexibility index (Phi) is 8.98. The Morgan fingerprint density at radius 2 is 1.85 bits per heavy atom. The highest BCUT2D eigenvalue weighted by Crippen LogP contribution is 2.40. The van der Waals surface area contributed by atoms with Crippen LogP contribution in [0.15, 0.2) is 0 Å². The van der Waals surface area contributed by atoms with E-state index in [0.717, 1.165) is 57.2 Å². The number of carbonyl (C=O) groups excluding carboxylic acids is 1. The van der Waals surface area contributed by atoms with Crippen LogP contribution in [-0.4, -0.2) is 75.5 Å². The van der Waals surface area contributed by atoms with Crippen molar-refractivity contribution in [1.82, 2.24) is 10.8 Å². The molecule has 3 saturated heterocycles. The summed E-state index contributed by atoms with van der Waals surface area (Å²) in [5, 5.41) is 34.7. The molecule has 0 aromatic carbocycles. The fourth-order valence-electron chi connectivity index (χ4n) is 6.21. The third kappa shape index (κ3) is 5.88. The molecule has 10 atom stereocenters. The standard InChI is InChI=1S/C24H42N2O6S/c1-13(2)11-14-7-6-8-15(21-16(14)12-25-32-21)23(30)26-17-9-4-3-5-10-33-24-20(29)18(27)19(28)22(17)31-24/h13-22,24-25,27-29H,3-12H2,1-2H3,(H,26,30)/t14-,15-,16?,17+,18-,19+,20+,21-,22+,24+/m0/s1. The zero-order valence-corrected chi connectivity index (χ0v) is 20.7. The third-order valence-electron chi connectivity index (χ3n) is 7.94. The average molecular weight is 487 g/mol. The molecule has 3 heterocycles. The van der Waals surface area contributed by atoms with Gasteiger partial charge in [-0.1, -0.05) is 33.1 Å². The molecule has 4 rings (SSSR count). The first-order valence-corrected chi connectivity index (χ1v) is 13.9. The minimum atomic E-state index is -1.29. The second kappa shape index (κ2) is 11.5. The Balaban J connectivity index is 1.48. The van der Waals surface area contributed by atoms with Gasteiger partial charge in [0.05, 0.1) is 18.1 Å². The van der Waals surface area contributed by atoms with Gasteiger partial charge in [-0.2, -0.15) is 0 Å². The summed E-state index contributed by atoms with van der Waals surface area (Å²) in [7, 11) is 0. The molecule has 0 aromatic rings. The summed E-state index contributed by atoms with van der Waals surface area (Å²) < 4.78 is 6.08. The highest BCUT2D eigenvalue weighted by Gasteiger charge is 2.49. The zero-order valence-electron chi connectivity index (χ0n) is 19.9. The summed E-state index contributed by atoms with van der Waals surface area (Å²) in [5.74, 6) is 2.02. The first-order chi connectivity index (χ1) is 15.9. The van der Waals surface area contributed by atoms with E-state index < -0.39 is 35.9 Å². The van der Waals surface area contributed by atoms with E-state index in [4.69, 9.17) is 9.57 Å². The summed E-state index contributed by atoms with van der Waals surface area (Å²) in [6.07, 6.45) is 3.05. The molecule has 0 radical (unpaired) electrons. The second-order valence-electron chi connectivity index (χ2n) is 10.8. The molecule has 33 heavy (non-hydrogen) atoms. The predicted octanol–water partition coefficient (Wildman–Crippen LogP) is 1.57. The van der Waals surface area contributed by atoms with Crippen LogP contribution in [0.4, 0.5) is 0 Å². The Hall–Kier alpha value is -0.420. The summed E-state index contributed by atoms with van der Waals surface area (Å²) in [6.45, 7) is 5.28. The largest absolute Gasteiger partial charge is 0.388 e. The molecule has 5 N–H and O–H groups in total. The number of carbonyl (C=O) groups is 1. The maximum Gasteiger partial charge on any atom is 0.226 e. The van der Waals surface area contributed by atoms with Gasteiger partial charge in [0.2, 0.25) is 5.91 Å². The zero-order chi connectivity index (χ0) is 23.5. The van der Waals surface area contributed by atoms with Gasteiger partial charge in [-0.25, -0.2) is 5.48 Å². The maximum atomic E-state index is 13.6. The van der Waals surface area contributed by atoms with Gasteiger partial charge in [-0.3, -0.25) is 9.63 Å². The number of rotatable bonds is 4. The van der Waals surface area contributed by atoms with Gasteiger partial charge in [0.1, 0.15) is 29.9 Å². The fourth-order valence-corrected chi connectivity index (χ4v) is 7.38. The molecule has 3 aliphatic heterocycles. The van der Waals surface area contributed by atoms with Gasteiger partial charge in [0.15, 0.2) is 0 Å². The number of ether oxygens (including phenoxy) is 1. The van der Waals surface area contributed by atoms with Crippen LogP contribution in [0.5, 0.6) is 0 Å². The number of hydroxylamine groups is 1. The van der Waals surface area contributed by atoms with E-state index in [1.807, 2.05) is 0 Å². The fraction of sp³-hybridized carbons (Fsp3) is 0.958. The quantitative estimate of drug-likeness (QED) is 0.406. The number of amides is 1. The minimum Gasteiger partial charge on any atom is -0.388 e. The first-order valence-electron chi connectivity index (χ1n) is 12.9. The van der Waals surface area contributed by atoms with Crippen LogP contribution >= 0.6 is 11.8 Å². The third-order valence-corrected chi connectivity index (χ3v) is 9.18. The summed E-state index contributed by atoms with van der Waals surface area (Å²) in [4.78, 5) is 19.5. The van der Waals surface area contributed by atoms with Gasteiger partial charge in [-0.05, 0) is 49.7 Å². The van der Waals surface area contributed by atoms with Crippen LogP contribution in [0.25, 0.3) is 0 Å². The molecule has 9 heteroatoms. The molecule has 1 aliphatic carbocycles. The lowest BCUT2D eigenvalue weighted by atomic mass is 9.79. The van der Waals surface area contributed by atoms with E-state index >= 15 is 0 Å². The Morgan fingerprint density at radius 3 is 2.64 bits per heavy atom. The molecular weight excluding hydrogens is 444 g/mol. The number of nitrogens with one attached hydrogen (secondary N) is 2. The number of hydrogen-bond acceptors (Lipinski definition) is 8. The molecule has 1 amide bonds. The SMILES string of the molecule is CC(C)C[C@@H]1CCC[C@H](C(=O)N[C@@H]2CCCCCS[C@H]3O[C@H]2[C@H](O)[C@H](O)[C@H]3O)[C@@H]2ONCC12. The van der Waals surface area contributed by atoms with Crippen molar-refractivity contribution in [2.45, 2.75) is 107 Å². The summed E-state index contributed by atoms with van der Waals surface area (Å²) in [5.41, 5.74) is 2.46. The van der Waals surface area contributed by atoms with Crippen LogP contribution in [0.2, 0.25) is 0 Å². The molecule has 4 fully saturated rings. The van der Waals surface area contributed by atoms with E-state index in [9.17, 15) is 20.1 Å². The Morgan fingerprint density at radius 1 is 1.03 bits per heavy atom. The van der Waals surface area contributed by atoms with Crippen molar-refractivity contribution in [2.24, 2.45) is 23.7 Å². The lowest BCUT2D eigenvalue weighted by Gasteiger charge is -2.44. The van der Waals surface area contributed by atoms with Crippen LogP contribution in [0.1, 0.15) is 65.2 Å². The number of aliphatic hydroxyl groups is 3. The summed E-state index contributed by atoms with van der Waals surface area (Å²) in [6, 6.07) is -0.418.